The summed E-state index contributed by atoms with van der Waals surface area (Å²) in [7, 11) is 0. The lowest BCUT2D eigenvalue weighted by molar-refractivity contribution is -0.0281. The van der Waals surface area contributed by atoms with E-state index in [1.54, 1.807) is 0 Å². The van der Waals surface area contributed by atoms with Gasteiger partial charge in [0.05, 0.1) is 6.61 Å². The first-order valence-electron chi connectivity index (χ1n) is 8.46. The summed E-state index contributed by atoms with van der Waals surface area (Å²) in [6.45, 7) is 5.11. The average Bonchev–Trinajstić information content (AvgIpc) is 2.82. The summed E-state index contributed by atoms with van der Waals surface area (Å²) >= 11 is 0. The molecule has 1 aliphatic heterocycles. The molecule has 0 spiro atoms. The second-order valence-corrected chi connectivity index (χ2v) is 5.87. The molecule has 1 rings (SSSR count). The van der Waals surface area contributed by atoms with Gasteiger partial charge in [-0.05, 0) is 12.8 Å². The average molecular weight is 346 g/mol. The van der Waals surface area contributed by atoms with Crippen molar-refractivity contribution in [1.82, 2.24) is 10.2 Å². The molecule has 4 atom stereocenters. The van der Waals surface area contributed by atoms with Gasteiger partial charge in [-0.2, -0.15) is 4.99 Å². The second-order valence-electron chi connectivity index (χ2n) is 5.87. The number of guanidine groups is 1. The van der Waals surface area contributed by atoms with E-state index in [1.807, 2.05) is 4.90 Å². The molecule has 2 amide bonds. The molecule has 1 fully saturated rings. The molecule has 1 aliphatic rings. The molecule has 0 unspecified atom stereocenters. The molecule has 140 valence electrons. The van der Waals surface area contributed by atoms with Crippen molar-refractivity contribution < 1.29 is 24.9 Å². The molecule has 0 bridgehead atoms. The lowest BCUT2D eigenvalue weighted by Gasteiger charge is -2.23. The molecule has 0 aliphatic carbocycles. The summed E-state index contributed by atoms with van der Waals surface area (Å²) < 4.78 is 5.17. The zero-order valence-corrected chi connectivity index (χ0v) is 14.4. The first-order chi connectivity index (χ1) is 11.4. The third-order valence-corrected chi connectivity index (χ3v) is 3.91. The topological polar surface area (TPSA) is 141 Å². The van der Waals surface area contributed by atoms with E-state index in [4.69, 9.17) is 15.6 Å². The SMILES string of the molecule is CCCCN(CCCC)/C(N)=N/C(=O)N[C@@H]1O[C@H](CO)[C@@H](O)[C@H]1O. The van der Waals surface area contributed by atoms with Gasteiger partial charge < -0.3 is 36.0 Å². The van der Waals surface area contributed by atoms with Crippen LogP contribution in [0.1, 0.15) is 39.5 Å². The number of carbonyl (C=O) groups is 1. The van der Waals surface area contributed by atoms with Crippen LogP contribution >= 0.6 is 0 Å². The molecule has 1 saturated heterocycles. The van der Waals surface area contributed by atoms with Crippen LogP contribution in [-0.4, -0.2) is 76.4 Å². The summed E-state index contributed by atoms with van der Waals surface area (Å²) in [4.78, 5) is 17.6. The van der Waals surface area contributed by atoms with Crippen LogP contribution in [0.2, 0.25) is 0 Å². The first kappa shape index (κ1) is 20.6. The number of nitrogens with two attached hydrogens (primary N) is 1. The third kappa shape index (κ3) is 5.90. The van der Waals surface area contributed by atoms with Crippen molar-refractivity contribution in [2.24, 2.45) is 10.7 Å². The minimum atomic E-state index is -1.33. The van der Waals surface area contributed by atoms with Gasteiger partial charge in [-0.1, -0.05) is 26.7 Å². The van der Waals surface area contributed by atoms with E-state index < -0.39 is 37.2 Å². The van der Waals surface area contributed by atoms with E-state index in [-0.39, 0.29) is 5.96 Å². The van der Waals surface area contributed by atoms with Gasteiger partial charge in [0.25, 0.3) is 0 Å². The van der Waals surface area contributed by atoms with Crippen LogP contribution in [0.3, 0.4) is 0 Å². The number of rotatable bonds is 8. The van der Waals surface area contributed by atoms with Crippen LogP contribution in [-0.2, 0) is 4.74 Å². The van der Waals surface area contributed by atoms with E-state index in [0.717, 1.165) is 25.7 Å². The second kappa shape index (κ2) is 10.4. The quantitative estimate of drug-likeness (QED) is 0.290. The van der Waals surface area contributed by atoms with Crippen molar-refractivity contribution >= 4 is 12.0 Å². The number of nitrogens with one attached hydrogen (secondary N) is 1. The van der Waals surface area contributed by atoms with Gasteiger partial charge in [0, 0.05) is 13.1 Å². The molecule has 0 aromatic carbocycles. The van der Waals surface area contributed by atoms with Gasteiger partial charge in [-0.3, -0.25) is 0 Å². The van der Waals surface area contributed by atoms with Crippen LogP contribution in [0, 0.1) is 0 Å². The number of nitrogens with zero attached hydrogens (tertiary/aromatic N) is 2. The van der Waals surface area contributed by atoms with Crippen molar-refractivity contribution in [2.45, 2.75) is 64.1 Å². The Hall–Kier alpha value is -1.42. The predicted molar refractivity (Wildman–Crippen MR) is 89.3 cm³/mol. The van der Waals surface area contributed by atoms with Crippen LogP contribution in [0.15, 0.2) is 4.99 Å². The van der Waals surface area contributed by atoms with E-state index in [2.05, 4.69) is 24.2 Å². The lowest BCUT2D eigenvalue weighted by Crippen LogP contribution is -2.45. The Morgan fingerprint density at radius 2 is 1.79 bits per heavy atom. The number of hydrogen-bond donors (Lipinski definition) is 5. The van der Waals surface area contributed by atoms with Crippen LogP contribution in [0.25, 0.3) is 0 Å². The number of urea groups is 1. The smallest absolute Gasteiger partial charge is 0.346 e. The Kier molecular flexibility index (Phi) is 8.98. The zero-order valence-electron chi connectivity index (χ0n) is 14.4. The summed E-state index contributed by atoms with van der Waals surface area (Å²) in [6.07, 6.45) is -0.800. The number of aliphatic hydroxyl groups is 3. The maximum atomic E-state index is 12.0. The minimum Gasteiger partial charge on any atom is -0.394 e. The molecule has 9 nitrogen and oxygen atoms in total. The molecule has 24 heavy (non-hydrogen) atoms. The fraction of sp³-hybridized carbons (Fsp3) is 0.867. The predicted octanol–water partition coefficient (Wildman–Crippen LogP) is -0.648. The Labute approximate surface area is 142 Å². The van der Waals surface area contributed by atoms with E-state index >= 15 is 0 Å². The van der Waals surface area contributed by atoms with Crippen molar-refractivity contribution in [3.63, 3.8) is 0 Å². The van der Waals surface area contributed by atoms with Crippen molar-refractivity contribution in [1.29, 1.82) is 0 Å². The highest BCUT2D eigenvalue weighted by Gasteiger charge is 2.43. The molecule has 0 saturated carbocycles. The zero-order chi connectivity index (χ0) is 18.1. The Morgan fingerprint density at radius 3 is 2.25 bits per heavy atom. The number of aliphatic imine (C=N–C) groups is 1. The third-order valence-electron chi connectivity index (χ3n) is 3.91. The molecule has 0 aromatic heterocycles. The molecule has 1 heterocycles. The number of aliphatic hydroxyl groups excluding tert-OH is 3. The molecular weight excluding hydrogens is 316 g/mol. The lowest BCUT2D eigenvalue weighted by atomic mass is 10.1. The normalized spacial score (nSPS) is 27.3. The Morgan fingerprint density at radius 1 is 1.21 bits per heavy atom. The Balaban J connectivity index is 2.63. The highest BCUT2D eigenvalue weighted by atomic mass is 16.6. The molecule has 0 radical (unpaired) electrons. The fourth-order valence-electron chi connectivity index (χ4n) is 2.39. The summed E-state index contributed by atoms with van der Waals surface area (Å²) in [5, 5.41) is 30.8. The largest absolute Gasteiger partial charge is 0.394 e. The van der Waals surface area contributed by atoms with Crippen molar-refractivity contribution in [2.75, 3.05) is 19.7 Å². The van der Waals surface area contributed by atoms with Gasteiger partial charge in [-0.15, -0.1) is 0 Å². The number of unbranched alkanes of at least 4 members (excludes halogenated alkanes) is 2. The van der Waals surface area contributed by atoms with Gasteiger partial charge in [0.15, 0.2) is 6.23 Å². The van der Waals surface area contributed by atoms with Crippen molar-refractivity contribution in [3.05, 3.63) is 0 Å². The van der Waals surface area contributed by atoms with Gasteiger partial charge in [-0.25, -0.2) is 4.79 Å². The van der Waals surface area contributed by atoms with Crippen LogP contribution in [0.5, 0.6) is 0 Å². The summed E-state index contributed by atoms with van der Waals surface area (Å²) in [5.74, 6) is 0.112. The van der Waals surface area contributed by atoms with Crippen LogP contribution in [0.4, 0.5) is 4.79 Å². The standard InChI is InChI=1S/C15H30N4O5/c1-3-5-7-19(8-6-4-2)14(16)18-15(23)17-13-12(22)11(21)10(9-20)24-13/h10-13,20-22H,3-9H2,1-2H3,(H3,16,17,18,23)/t10-,11-,12-,13-/m1/s1. The highest BCUT2D eigenvalue weighted by Crippen LogP contribution is 2.19. The van der Waals surface area contributed by atoms with Gasteiger partial charge in [0.1, 0.15) is 18.3 Å². The summed E-state index contributed by atoms with van der Waals surface area (Å²) in [5.41, 5.74) is 5.91. The van der Waals surface area contributed by atoms with E-state index in [9.17, 15) is 15.0 Å². The fourth-order valence-corrected chi connectivity index (χ4v) is 2.39. The van der Waals surface area contributed by atoms with E-state index in [0.29, 0.717) is 13.1 Å². The number of amides is 2. The number of carbonyl (C=O) groups excluding carboxylic acids is 1. The maximum absolute atomic E-state index is 12.0. The number of hydrogen-bond acceptors (Lipinski definition) is 5. The maximum Gasteiger partial charge on any atom is 0.346 e. The molecule has 6 N–H and O–H groups in total. The highest BCUT2D eigenvalue weighted by molar-refractivity contribution is 5.91. The first-order valence-corrected chi connectivity index (χ1v) is 8.46. The van der Waals surface area contributed by atoms with Gasteiger partial charge >= 0.3 is 6.03 Å². The van der Waals surface area contributed by atoms with E-state index in [1.165, 1.54) is 0 Å². The van der Waals surface area contributed by atoms with Crippen LogP contribution < -0.4 is 11.1 Å². The minimum absolute atomic E-state index is 0.112. The van der Waals surface area contributed by atoms with Gasteiger partial charge in [0.2, 0.25) is 5.96 Å². The molecule has 9 heteroatoms. The Bertz CT molecular complexity index is 413. The molecule has 0 aromatic rings. The monoisotopic (exact) mass is 346 g/mol. The number of ether oxygens (including phenoxy) is 1. The van der Waals surface area contributed by atoms with Crippen molar-refractivity contribution in [3.8, 4) is 0 Å². The summed E-state index contributed by atoms with van der Waals surface area (Å²) in [6, 6.07) is -0.764. The molecular formula is C15H30N4O5.